The molecule has 3 heteroatoms. The van der Waals surface area contributed by atoms with Gasteiger partial charge in [-0.3, -0.25) is 15.0 Å². The summed E-state index contributed by atoms with van der Waals surface area (Å²) in [4.78, 5) is 14.3. The zero-order valence-electron chi connectivity index (χ0n) is 46.2. The van der Waals surface area contributed by atoms with Crippen LogP contribution >= 0.6 is 0 Å². The van der Waals surface area contributed by atoms with E-state index in [0.717, 1.165) is 123 Å². The molecule has 3 nitrogen and oxygen atoms in total. The number of pyridine rings is 3. The van der Waals surface area contributed by atoms with E-state index in [9.17, 15) is 0 Å². The summed E-state index contributed by atoms with van der Waals surface area (Å²) in [5.74, 6) is 0. The molecule has 0 saturated carbocycles. The van der Waals surface area contributed by atoms with Gasteiger partial charge in [0.2, 0.25) is 0 Å². The second-order valence-electron chi connectivity index (χ2n) is 19.7. The normalized spacial score (nSPS) is 11.8. The molecule has 13 aromatic rings. The lowest BCUT2D eigenvalue weighted by Gasteiger charge is -2.20. The number of nitrogens with zero attached hydrogens (tertiary/aromatic N) is 3. The van der Waals surface area contributed by atoms with Crippen LogP contribution in [0.25, 0.3) is 134 Å². The van der Waals surface area contributed by atoms with Crippen LogP contribution in [-0.2, 0) is 0 Å². The van der Waals surface area contributed by atoms with Gasteiger partial charge < -0.3 is 0 Å². The summed E-state index contributed by atoms with van der Waals surface area (Å²) in [7, 11) is 0. The molecule has 0 N–H and O–H groups in total. The Hall–Kier alpha value is -10.4. The average Bonchev–Trinajstić information content (AvgIpc) is 3.74. The topological polar surface area (TPSA) is 38.7 Å². The van der Waals surface area contributed by atoms with Crippen molar-refractivity contribution in [3.8, 4) is 134 Å². The highest BCUT2D eigenvalue weighted by molar-refractivity contribution is 5.99. The van der Waals surface area contributed by atoms with Crippen LogP contribution in [0.4, 0.5) is 0 Å². The van der Waals surface area contributed by atoms with Gasteiger partial charge in [-0.1, -0.05) is 224 Å². The van der Waals surface area contributed by atoms with E-state index in [1.807, 2.05) is 79.1 Å². The lowest BCUT2D eigenvalue weighted by molar-refractivity contribution is 1.29. The van der Waals surface area contributed by atoms with E-state index in [-0.39, 0.29) is 5.56 Å². The van der Waals surface area contributed by atoms with E-state index < -0.39 is 6.85 Å². The highest BCUT2D eigenvalue weighted by Crippen LogP contribution is 2.46. The van der Waals surface area contributed by atoms with Crippen molar-refractivity contribution in [2.75, 3.05) is 0 Å². The third kappa shape index (κ3) is 9.90. The fourth-order valence-electron chi connectivity index (χ4n) is 11.0. The Labute approximate surface area is 466 Å². The molecule has 0 spiro atoms. The molecule has 0 radical (unpaired) electrons. The Morgan fingerprint density at radius 1 is 0.215 bits per heavy atom. The molecule has 0 saturated heterocycles. The van der Waals surface area contributed by atoms with Crippen molar-refractivity contribution < 1.29 is 4.11 Å². The van der Waals surface area contributed by atoms with Crippen LogP contribution in [0.15, 0.2) is 304 Å². The van der Waals surface area contributed by atoms with Gasteiger partial charge in [-0.05, 0) is 168 Å². The third-order valence-electron chi connectivity index (χ3n) is 14.8. The van der Waals surface area contributed by atoms with E-state index in [0.29, 0.717) is 11.3 Å². The first kappa shape index (κ1) is 44.9. The lowest BCUT2D eigenvalue weighted by atomic mass is 9.84. The number of aromatic nitrogens is 3. The minimum absolute atomic E-state index is 0.262. The van der Waals surface area contributed by atoms with E-state index in [1.165, 1.54) is 0 Å². The van der Waals surface area contributed by atoms with Crippen LogP contribution in [0.1, 0.15) is 9.68 Å². The van der Waals surface area contributed by atoms with Gasteiger partial charge in [0.15, 0.2) is 0 Å². The number of benzene rings is 10. The van der Waals surface area contributed by atoms with Crippen molar-refractivity contribution in [2.45, 2.75) is 6.85 Å². The first-order chi connectivity index (χ1) is 40.3. The second-order valence-corrected chi connectivity index (χ2v) is 19.7. The molecule has 0 amide bonds. The first-order valence-corrected chi connectivity index (χ1v) is 26.6. The van der Waals surface area contributed by atoms with Crippen molar-refractivity contribution in [1.29, 1.82) is 0 Å². The monoisotopic (exact) mass is 1010 g/mol. The Balaban J connectivity index is 1.00. The fraction of sp³-hybridized carbons (Fsp3) is 0.0132. The van der Waals surface area contributed by atoms with Crippen LogP contribution in [0.2, 0.25) is 0 Å². The van der Waals surface area contributed by atoms with Gasteiger partial charge in [-0.25, -0.2) is 0 Å². The first-order valence-electron chi connectivity index (χ1n) is 28.1. The fourth-order valence-corrected chi connectivity index (χ4v) is 11.0. The molecule has 0 unspecified atom stereocenters. The molecule has 3 aromatic heterocycles. The summed E-state index contributed by atoms with van der Waals surface area (Å²) >= 11 is 0. The number of hydrogen-bond acceptors (Lipinski definition) is 3. The van der Waals surface area contributed by atoms with Crippen LogP contribution in [0.3, 0.4) is 0 Å². The maximum absolute atomic E-state index is 8.62. The van der Waals surface area contributed by atoms with Gasteiger partial charge in [0.25, 0.3) is 0 Å². The van der Waals surface area contributed by atoms with E-state index >= 15 is 0 Å². The zero-order chi connectivity index (χ0) is 55.4. The van der Waals surface area contributed by atoms with Gasteiger partial charge >= 0.3 is 0 Å². The van der Waals surface area contributed by atoms with Crippen LogP contribution < -0.4 is 0 Å². The standard InChI is InChI=1S/C76H53N3/c1-52-45-76(79-51-73(52)55-25-9-4-10-26-55)59-40-42-70(72(50-59)54-23-7-3-8-24-54)68-32-16-14-30-66(68)62-47-60(64-28-12-11-27-63(64)56-35-37-57(38-36-56)74-33-17-19-43-77-74)46-61(48-62)65-29-13-15-31-67(65)69-41-39-58(75-34-18-20-44-78-75)49-71(69)53-21-5-2-6-22-53/h2-51H,1H3/i1D3. The molecule has 372 valence electrons. The Kier molecular flexibility index (Phi) is 12.3. The quantitative estimate of drug-likeness (QED) is 0.122. The third-order valence-corrected chi connectivity index (χ3v) is 14.8. The molecule has 0 aliphatic rings. The zero-order valence-corrected chi connectivity index (χ0v) is 43.2. The molecular weight excluding hydrogens is 955 g/mol. The molecule has 10 aromatic carbocycles. The van der Waals surface area contributed by atoms with E-state index in [1.54, 1.807) is 12.3 Å². The highest BCUT2D eigenvalue weighted by atomic mass is 14.7. The summed E-state index contributed by atoms with van der Waals surface area (Å²) in [6.45, 7) is -2.36. The molecule has 0 atom stereocenters. The van der Waals surface area contributed by atoms with Crippen molar-refractivity contribution >= 4 is 0 Å². The highest BCUT2D eigenvalue weighted by Gasteiger charge is 2.20. The Bertz CT molecular complexity index is 4390. The van der Waals surface area contributed by atoms with E-state index in [4.69, 9.17) is 14.1 Å². The maximum atomic E-state index is 8.62. The van der Waals surface area contributed by atoms with Crippen LogP contribution in [-0.4, -0.2) is 15.0 Å². The minimum Gasteiger partial charge on any atom is -0.256 e. The summed E-state index contributed by atoms with van der Waals surface area (Å²) in [5, 5.41) is 0. The van der Waals surface area contributed by atoms with Crippen molar-refractivity contribution in [3.05, 3.63) is 309 Å². The van der Waals surface area contributed by atoms with Gasteiger partial charge in [-0.2, -0.15) is 0 Å². The van der Waals surface area contributed by atoms with Gasteiger partial charge in [0, 0.05) is 45.0 Å². The lowest BCUT2D eigenvalue weighted by Crippen LogP contribution is -1.95. The Morgan fingerprint density at radius 3 is 1.01 bits per heavy atom. The molecular formula is C76H53N3. The van der Waals surface area contributed by atoms with Gasteiger partial charge in [-0.15, -0.1) is 0 Å². The van der Waals surface area contributed by atoms with E-state index in [2.05, 4.69) is 217 Å². The molecule has 0 fully saturated rings. The minimum atomic E-state index is -2.36. The molecule has 3 heterocycles. The summed E-state index contributed by atoms with van der Waals surface area (Å²) in [6.07, 6.45) is 5.38. The summed E-state index contributed by atoms with van der Waals surface area (Å²) < 4.78 is 25.9. The summed E-state index contributed by atoms with van der Waals surface area (Å²) in [5.41, 5.74) is 24.3. The SMILES string of the molecule is [2H]C([2H])([2H])c1cc(-c2ccc(-c3ccccc3-c3cc(-c4ccccc4-c4ccc(-c5ccccn5)cc4)cc(-c4ccccc4-c4ccc(-c5ccccn5)cc4-c4ccccc4)c3)c(-c3ccccc3)c2)ncc1-c1ccccc1. The summed E-state index contributed by atoms with van der Waals surface area (Å²) in [6, 6.07) is 99.4. The van der Waals surface area contributed by atoms with Crippen molar-refractivity contribution in [1.82, 2.24) is 15.0 Å². The molecule has 79 heavy (non-hydrogen) atoms. The molecule has 0 aliphatic carbocycles. The predicted molar refractivity (Wildman–Crippen MR) is 330 cm³/mol. The number of rotatable bonds is 12. The molecule has 0 aliphatic heterocycles. The smallest absolute Gasteiger partial charge is 0.0705 e. The molecule has 0 bridgehead atoms. The average molecular weight is 1010 g/mol. The number of aryl methyl sites for hydroxylation is 1. The Morgan fingerprint density at radius 2 is 0.557 bits per heavy atom. The number of hydrogen-bond donors (Lipinski definition) is 0. The van der Waals surface area contributed by atoms with Crippen molar-refractivity contribution in [2.24, 2.45) is 0 Å². The van der Waals surface area contributed by atoms with Gasteiger partial charge in [0.1, 0.15) is 0 Å². The predicted octanol–water partition coefficient (Wildman–Crippen LogP) is 20.2. The second kappa shape index (κ2) is 21.7. The van der Waals surface area contributed by atoms with Crippen LogP contribution in [0, 0.1) is 6.85 Å². The largest absolute Gasteiger partial charge is 0.256 e. The van der Waals surface area contributed by atoms with Gasteiger partial charge in [0.05, 0.1) is 17.1 Å². The van der Waals surface area contributed by atoms with Crippen LogP contribution in [0.5, 0.6) is 0 Å². The van der Waals surface area contributed by atoms with Crippen molar-refractivity contribution in [3.63, 3.8) is 0 Å². The molecule has 13 rings (SSSR count). The maximum Gasteiger partial charge on any atom is 0.0705 e.